The van der Waals surface area contributed by atoms with E-state index in [-0.39, 0.29) is 5.82 Å². The summed E-state index contributed by atoms with van der Waals surface area (Å²) in [5, 5.41) is 11.8. The first-order valence-corrected chi connectivity index (χ1v) is 8.72. The molecule has 0 fully saturated rings. The van der Waals surface area contributed by atoms with Gasteiger partial charge in [0, 0.05) is 25.3 Å². The summed E-state index contributed by atoms with van der Waals surface area (Å²) < 4.78 is 20.0. The Kier molecular flexibility index (Phi) is 7.16. The number of aromatic nitrogens is 2. The van der Waals surface area contributed by atoms with Crippen LogP contribution in [0.2, 0.25) is 5.02 Å². The molecule has 2 N–H and O–H groups in total. The molecular weight excluding hydrogens is 363 g/mol. The summed E-state index contributed by atoms with van der Waals surface area (Å²) in [5.74, 6) is -0.352. The third-order valence-corrected chi connectivity index (χ3v) is 4.36. The van der Waals surface area contributed by atoms with Crippen LogP contribution in [0, 0.1) is 19.7 Å². The van der Waals surface area contributed by atoms with Gasteiger partial charge in [-0.3, -0.25) is 4.68 Å². The lowest BCUT2D eigenvalue weighted by Crippen LogP contribution is -2.30. The van der Waals surface area contributed by atoms with Gasteiger partial charge in [0.15, 0.2) is 5.11 Å². The fraction of sp³-hybridized carbons (Fsp3) is 0.412. The standard InChI is InChI=1S/C17H22ClFN4OS/c1-11-16(21-17(25)20-7-4-8-24-3)12(2)23(22-11)10-13-5-6-14(19)9-15(13)18/h5-6,9H,4,7-8,10H2,1-3H3,(H2,20,21,25). The summed E-state index contributed by atoms with van der Waals surface area (Å²) in [6, 6.07) is 4.37. The quantitative estimate of drug-likeness (QED) is 0.563. The summed E-state index contributed by atoms with van der Waals surface area (Å²) in [4.78, 5) is 0. The second-order valence-electron chi connectivity index (χ2n) is 5.67. The number of nitrogens with one attached hydrogen (secondary N) is 2. The molecule has 0 aliphatic heterocycles. The van der Waals surface area contributed by atoms with Crippen LogP contribution in [0.3, 0.4) is 0 Å². The molecule has 2 rings (SSSR count). The van der Waals surface area contributed by atoms with E-state index in [2.05, 4.69) is 15.7 Å². The van der Waals surface area contributed by atoms with E-state index < -0.39 is 0 Å². The van der Waals surface area contributed by atoms with E-state index in [1.807, 2.05) is 18.5 Å². The van der Waals surface area contributed by atoms with Gasteiger partial charge in [-0.1, -0.05) is 17.7 Å². The van der Waals surface area contributed by atoms with Crippen LogP contribution in [-0.4, -0.2) is 35.2 Å². The highest BCUT2D eigenvalue weighted by molar-refractivity contribution is 7.80. The lowest BCUT2D eigenvalue weighted by atomic mass is 10.2. The third-order valence-electron chi connectivity index (χ3n) is 3.77. The Morgan fingerprint density at radius 3 is 2.84 bits per heavy atom. The minimum atomic E-state index is -0.352. The van der Waals surface area contributed by atoms with Gasteiger partial charge < -0.3 is 15.4 Å². The SMILES string of the molecule is COCCCNC(=S)Nc1c(C)nn(Cc2ccc(F)cc2Cl)c1C. The molecule has 0 saturated heterocycles. The molecule has 136 valence electrons. The predicted molar refractivity (Wildman–Crippen MR) is 103 cm³/mol. The number of rotatable bonds is 7. The normalized spacial score (nSPS) is 10.8. The molecule has 25 heavy (non-hydrogen) atoms. The van der Waals surface area contributed by atoms with Crippen LogP contribution in [0.4, 0.5) is 10.1 Å². The molecule has 0 atom stereocenters. The third kappa shape index (κ3) is 5.39. The van der Waals surface area contributed by atoms with Crippen molar-refractivity contribution in [3.63, 3.8) is 0 Å². The maximum Gasteiger partial charge on any atom is 0.170 e. The van der Waals surface area contributed by atoms with E-state index in [0.717, 1.165) is 35.6 Å². The fourth-order valence-corrected chi connectivity index (χ4v) is 2.85. The Balaban J connectivity index is 2.05. The topological polar surface area (TPSA) is 51.1 Å². The summed E-state index contributed by atoms with van der Waals surface area (Å²) in [7, 11) is 1.67. The zero-order valence-corrected chi connectivity index (χ0v) is 16.1. The van der Waals surface area contributed by atoms with Crippen molar-refractivity contribution < 1.29 is 9.13 Å². The van der Waals surface area contributed by atoms with Crippen molar-refractivity contribution in [1.82, 2.24) is 15.1 Å². The van der Waals surface area contributed by atoms with Crippen molar-refractivity contribution in [3.8, 4) is 0 Å². The molecule has 8 heteroatoms. The number of hydrogen-bond acceptors (Lipinski definition) is 3. The molecular formula is C17H22ClFN4OS. The van der Waals surface area contributed by atoms with Gasteiger partial charge in [-0.15, -0.1) is 0 Å². The molecule has 0 spiro atoms. The molecule has 0 aliphatic carbocycles. The summed E-state index contributed by atoms with van der Waals surface area (Å²) in [5.41, 5.74) is 3.43. The summed E-state index contributed by atoms with van der Waals surface area (Å²) in [6.45, 7) is 5.74. The monoisotopic (exact) mass is 384 g/mol. The second kappa shape index (κ2) is 9.12. The van der Waals surface area contributed by atoms with Gasteiger partial charge in [0.2, 0.25) is 0 Å². The van der Waals surface area contributed by atoms with E-state index in [0.29, 0.717) is 23.3 Å². The van der Waals surface area contributed by atoms with E-state index in [1.165, 1.54) is 12.1 Å². The van der Waals surface area contributed by atoms with Crippen LogP contribution in [0.15, 0.2) is 18.2 Å². The second-order valence-corrected chi connectivity index (χ2v) is 6.48. The molecule has 5 nitrogen and oxygen atoms in total. The van der Waals surface area contributed by atoms with Crippen LogP contribution in [0.25, 0.3) is 0 Å². The minimum absolute atomic E-state index is 0.352. The Hall–Kier alpha value is -1.70. The Bertz CT molecular complexity index is 750. The first-order valence-electron chi connectivity index (χ1n) is 7.94. The van der Waals surface area contributed by atoms with Crippen molar-refractivity contribution >= 4 is 34.6 Å². The van der Waals surface area contributed by atoms with E-state index in [4.69, 9.17) is 28.6 Å². The van der Waals surface area contributed by atoms with E-state index in [1.54, 1.807) is 13.2 Å². The van der Waals surface area contributed by atoms with Gasteiger partial charge in [-0.05, 0) is 50.2 Å². The number of ether oxygens (including phenoxy) is 1. The Labute approximate surface area is 157 Å². The maximum atomic E-state index is 13.2. The van der Waals surface area contributed by atoms with Gasteiger partial charge in [-0.2, -0.15) is 5.10 Å². The van der Waals surface area contributed by atoms with E-state index in [9.17, 15) is 4.39 Å². The number of aryl methyl sites for hydroxylation is 1. The molecule has 1 aromatic heterocycles. The van der Waals surface area contributed by atoms with Crippen molar-refractivity contribution in [2.45, 2.75) is 26.8 Å². The number of halogens is 2. The van der Waals surface area contributed by atoms with Crippen LogP contribution < -0.4 is 10.6 Å². The van der Waals surface area contributed by atoms with Gasteiger partial charge in [-0.25, -0.2) is 4.39 Å². The molecule has 0 saturated carbocycles. The molecule has 1 aromatic carbocycles. The molecule has 0 bridgehead atoms. The van der Waals surface area contributed by atoms with Crippen LogP contribution >= 0.6 is 23.8 Å². The number of anilines is 1. The van der Waals surface area contributed by atoms with Crippen molar-refractivity contribution in [2.75, 3.05) is 25.6 Å². The molecule has 0 aliphatic rings. The van der Waals surface area contributed by atoms with Crippen LogP contribution in [-0.2, 0) is 11.3 Å². The molecule has 2 aromatic rings. The average Bonchev–Trinajstić information content (AvgIpc) is 2.82. The fourth-order valence-electron chi connectivity index (χ4n) is 2.42. The average molecular weight is 385 g/mol. The minimum Gasteiger partial charge on any atom is -0.385 e. The highest BCUT2D eigenvalue weighted by Gasteiger charge is 2.14. The van der Waals surface area contributed by atoms with E-state index >= 15 is 0 Å². The lowest BCUT2D eigenvalue weighted by Gasteiger charge is -2.11. The highest BCUT2D eigenvalue weighted by Crippen LogP contribution is 2.23. The zero-order chi connectivity index (χ0) is 18.4. The first-order chi connectivity index (χ1) is 11.9. The Morgan fingerprint density at radius 1 is 1.40 bits per heavy atom. The Morgan fingerprint density at radius 2 is 2.16 bits per heavy atom. The number of benzene rings is 1. The number of methoxy groups -OCH3 is 1. The largest absolute Gasteiger partial charge is 0.385 e. The lowest BCUT2D eigenvalue weighted by molar-refractivity contribution is 0.196. The van der Waals surface area contributed by atoms with Crippen LogP contribution in [0.5, 0.6) is 0 Å². The molecule has 1 heterocycles. The zero-order valence-electron chi connectivity index (χ0n) is 14.5. The van der Waals surface area contributed by atoms with Crippen molar-refractivity contribution in [3.05, 3.63) is 46.0 Å². The molecule has 0 radical (unpaired) electrons. The van der Waals surface area contributed by atoms with Crippen LogP contribution in [0.1, 0.15) is 23.4 Å². The van der Waals surface area contributed by atoms with Crippen molar-refractivity contribution in [1.29, 1.82) is 0 Å². The maximum absolute atomic E-state index is 13.2. The molecule has 0 amide bonds. The van der Waals surface area contributed by atoms with Gasteiger partial charge in [0.25, 0.3) is 0 Å². The number of thiocarbonyl (C=S) groups is 1. The number of nitrogens with zero attached hydrogens (tertiary/aromatic N) is 2. The predicted octanol–water partition coefficient (Wildman–Crippen LogP) is 3.66. The molecule has 0 unspecified atom stereocenters. The summed E-state index contributed by atoms with van der Waals surface area (Å²) >= 11 is 11.4. The number of hydrogen-bond donors (Lipinski definition) is 2. The summed E-state index contributed by atoms with van der Waals surface area (Å²) in [6.07, 6.45) is 0.874. The highest BCUT2D eigenvalue weighted by atomic mass is 35.5. The first kappa shape index (κ1) is 19.6. The van der Waals surface area contributed by atoms with Gasteiger partial charge >= 0.3 is 0 Å². The smallest absolute Gasteiger partial charge is 0.170 e. The van der Waals surface area contributed by atoms with Gasteiger partial charge in [0.1, 0.15) is 5.82 Å². The van der Waals surface area contributed by atoms with Crippen molar-refractivity contribution in [2.24, 2.45) is 0 Å². The van der Waals surface area contributed by atoms with Gasteiger partial charge in [0.05, 0.1) is 23.6 Å².